The second-order valence-corrected chi connectivity index (χ2v) is 3.07. The fourth-order valence-electron chi connectivity index (χ4n) is 1.10. The molecule has 4 heteroatoms. The van der Waals surface area contributed by atoms with Gasteiger partial charge in [0.15, 0.2) is 11.5 Å². The molecule has 0 radical (unpaired) electrons. The van der Waals surface area contributed by atoms with Gasteiger partial charge < -0.3 is 14.9 Å². The van der Waals surface area contributed by atoms with E-state index < -0.39 is 0 Å². The molecule has 0 heterocycles. The van der Waals surface area contributed by atoms with Crippen molar-refractivity contribution < 1.29 is 14.9 Å². The fourth-order valence-corrected chi connectivity index (χ4v) is 1.10. The third-order valence-corrected chi connectivity index (χ3v) is 1.90. The van der Waals surface area contributed by atoms with E-state index in [1.807, 2.05) is 6.07 Å². The Hall–Kier alpha value is -1.73. The third-order valence-electron chi connectivity index (χ3n) is 1.90. The monoisotopic (exact) mass is 207 g/mol. The minimum Gasteiger partial charge on any atom is -0.504 e. The quantitative estimate of drug-likeness (QED) is 0.716. The number of rotatable bonds is 5. The van der Waals surface area contributed by atoms with Crippen LogP contribution in [-0.4, -0.2) is 23.4 Å². The van der Waals surface area contributed by atoms with Crippen LogP contribution < -0.4 is 4.74 Å². The van der Waals surface area contributed by atoms with E-state index in [1.165, 1.54) is 18.2 Å². The first-order valence-electron chi connectivity index (χ1n) is 4.74. The van der Waals surface area contributed by atoms with Gasteiger partial charge in [-0.05, 0) is 25.0 Å². The van der Waals surface area contributed by atoms with Crippen molar-refractivity contribution in [1.82, 2.24) is 0 Å². The summed E-state index contributed by atoms with van der Waals surface area (Å²) in [7, 11) is 0. The summed E-state index contributed by atoms with van der Waals surface area (Å²) < 4.78 is 5.27. The van der Waals surface area contributed by atoms with Gasteiger partial charge in [0.1, 0.15) is 0 Å². The smallest absolute Gasteiger partial charge is 0.162 e. The van der Waals surface area contributed by atoms with Crippen molar-refractivity contribution in [2.45, 2.75) is 12.8 Å². The molecule has 80 valence electrons. The molecule has 0 aliphatic rings. The van der Waals surface area contributed by atoms with E-state index >= 15 is 0 Å². The van der Waals surface area contributed by atoms with Crippen LogP contribution in [0.3, 0.4) is 0 Å². The van der Waals surface area contributed by atoms with E-state index in [4.69, 9.17) is 15.1 Å². The number of unbranched alkanes of at least 4 members (excludes halogenated alkanes) is 1. The Balaban J connectivity index is 2.56. The van der Waals surface area contributed by atoms with Gasteiger partial charge in [-0.3, -0.25) is 0 Å². The highest BCUT2D eigenvalue weighted by Crippen LogP contribution is 2.26. The lowest BCUT2D eigenvalue weighted by Gasteiger charge is -2.07. The SMILES string of the molecule is N#Cc1ccc(O)c(OCCCCO)c1. The lowest BCUT2D eigenvalue weighted by molar-refractivity contribution is 0.248. The maximum absolute atomic E-state index is 9.40. The van der Waals surface area contributed by atoms with E-state index in [9.17, 15) is 5.11 Å². The Bertz CT molecular complexity index is 357. The topological polar surface area (TPSA) is 73.5 Å². The molecule has 0 bridgehead atoms. The van der Waals surface area contributed by atoms with Crippen molar-refractivity contribution >= 4 is 0 Å². The maximum Gasteiger partial charge on any atom is 0.162 e. The van der Waals surface area contributed by atoms with E-state index in [1.54, 1.807) is 0 Å². The number of ether oxygens (including phenoxy) is 1. The number of phenols is 1. The Morgan fingerprint density at radius 2 is 2.13 bits per heavy atom. The molecule has 0 aliphatic heterocycles. The predicted molar refractivity (Wildman–Crippen MR) is 54.6 cm³/mol. The van der Waals surface area contributed by atoms with Gasteiger partial charge in [-0.15, -0.1) is 0 Å². The Kier molecular flexibility index (Phi) is 4.45. The first-order valence-corrected chi connectivity index (χ1v) is 4.74. The van der Waals surface area contributed by atoms with Crippen molar-refractivity contribution in [1.29, 1.82) is 5.26 Å². The maximum atomic E-state index is 9.40. The van der Waals surface area contributed by atoms with E-state index in [0.717, 1.165) is 0 Å². The molecule has 0 spiro atoms. The van der Waals surface area contributed by atoms with Gasteiger partial charge in [0.2, 0.25) is 0 Å². The Morgan fingerprint density at radius 3 is 2.80 bits per heavy atom. The summed E-state index contributed by atoms with van der Waals surface area (Å²) in [6, 6.07) is 6.41. The number of hydrogen-bond donors (Lipinski definition) is 2. The average Bonchev–Trinajstić information content (AvgIpc) is 2.26. The van der Waals surface area contributed by atoms with Crippen LogP contribution in [0.4, 0.5) is 0 Å². The van der Waals surface area contributed by atoms with Crippen molar-refractivity contribution in [3.63, 3.8) is 0 Å². The van der Waals surface area contributed by atoms with Gasteiger partial charge >= 0.3 is 0 Å². The number of aliphatic hydroxyl groups is 1. The molecule has 0 aliphatic carbocycles. The van der Waals surface area contributed by atoms with Crippen LogP contribution >= 0.6 is 0 Å². The molecule has 4 nitrogen and oxygen atoms in total. The molecule has 0 saturated heterocycles. The molecule has 0 unspecified atom stereocenters. The number of nitrogens with zero attached hydrogens (tertiary/aromatic N) is 1. The van der Waals surface area contributed by atoms with Gasteiger partial charge in [0.25, 0.3) is 0 Å². The second kappa shape index (κ2) is 5.89. The van der Waals surface area contributed by atoms with Crippen LogP contribution in [0.15, 0.2) is 18.2 Å². The molecular weight excluding hydrogens is 194 g/mol. The number of phenolic OH excluding ortho intramolecular Hbond substituents is 1. The van der Waals surface area contributed by atoms with E-state index in [0.29, 0.717) is 30.8 Å². The van der Waals surface area contributed by atoms with Gasteiger partial charge in [-0.2, -0.15) is 5.26 Å². The highest BCUT2D eigenvalue weighted by Gasteiger charge is 2.03. The highest BCUT2D eigenvalue weighted by atomic mass is 16.5. The molecule has 1 rings (SSSR count). The van der Waals surface area contributed by atoms with Crippen molar-refractivity contribution in [2.24, 2.45) is 0 Å². The average molecular weight is 207 g/mol. The molecule has 0 amide bonds. The minimum atomic E-state index is 0.0259. The zero-order valence-electron chi connectivity index (χ0n) is 8.31. The van der Waals surface area contributed by atoms with Crippen LogP contribution in [-0.2, 0) is 0 Å². The minimum absolute atomic E-state index is 0.0259. The Morgan fingerprint density at radius 1 is 1.33 bits per heavy atom. The molecule has 0 aromatic heterocycles. The zero-order valence-corrected chi connectivity index (χ0v) is 8.31. The predicted octanol–water partition coefficient (Wildman–Crippen LogP) is 1.42. The van der Waals surface area contributed by atoms with Crippen molar-refractivity contribution in [3.05, 3.63) is 23.8 Å². The number of benzene rings is 1. The number of aromatic hydroxyl groups is 1. The van der Waals surface area contributed by atoms with Crippen LogP contribution in [0.5, 0.6) is 11.5 Å². The van der Waals surface area contributed by atoms with Gasteiger partial charge in [0, 0.05) is 12.7 Å². The van der Waals surface area contributed by atoms with Crippen LogP contribution in [0.25, 0.3) is 0 Å². The number of aliphatic hydroxyl groups excluding tert-OH is 1. The summed E-state index contributed by atoms with van der Waals surface area (Å²) in [5.41, 5.74) is 0.449. The summed E-state index contributed by atoms with van der Waals surface area (Å²) in [5.74, 6) is 0.338. The fraction of sp³-hybridized carbons (Fsp3) is 0.364. The molecule has 1 aromatic carbocycles. The van der Waals surface area contributed by atoms with E-state index in [-0.39, 0.29) is 12.4 Å². The standard InChI is InChI=1S/C11H13NO3/c12-8-9-3-4-10(14)11(7-9)15-6-2-1-5-13/h3-4,7,13-14H,1-2,5-6H2. The van der Waals surface area contributed by atoms with Crippen LogP contribution in [0.1, 0.15) is 18.4 Å². The van der Waals surface area contributed by atoms with Crippen LogP contribution in [0.2, 0.25) is 0 Å². The largest absolute Gasteiger partial charge is 0.504 e. The molecule has 1 aromatic rings. The van der Waals surface area contributed by atoms with Crippen LogP contribution in [0, 0.1) is 11.3 Å². The lowest BCUT2D eigenvalue weighted by Crippen LogP contribution is -1.99. The zero-order chi connectivity index (χ0) is 11.1. The first-order chi connectivity index (χ1) is 7.27. The van der Waals surface area contributed by atoms with Gasteiger partial charge in [-0.25, -0.2) is 0 Å². The molecular formula is C11H13NO3. The second-order valence-electron chi connectivity index (χ2n) is 3.07. The molecule has 0 fully saturated rings. The summed E-state index contributed by atoms with van der Waals surface area (Å²) in [4.78, 5) is 0. The number of nitriles is 1. The molecule has 2 N–H and O–H groups in total. The van der Waals surface area contributed by atoms with Gasteiger partial charge in [0.05, 0.1) is 18.2 Å². The summed E-state index contributed by atoms with van der Waals surface area (Å²) in [6.07, 6.45) is 1.38. The summed E-state index contributed by atoms with van der Waals surface area (Å²) in [6.45, 7) is 0.552. The highest BCUT2D eigenvalue weighted by molar-refractivity contribution is 5.45. The van der Waals surface area contributed by atoms with Gasteiger partial charge in [-0.1, -0.05) is 0 Å². The summed E-state index contributed by atoms with van der Waals surface area (Å²) >= 11 is 0. The number of hydrogen-bond acceptors (Lipinski definition) is 4. The lowest BCUT2D eigenvalue weighted by atomic mass is 10.2. The summed E-state index contributed by atoms with van der Waals surface area (Å²) in [5, 5.41) is 26.6. The first kappa shape index (κ1) is 11.3. The molecule has 15 heavy (non-hydrogen) atoms. The normalized spacial score (nSPS) is 9.60. The molecule has 0 atom stereocenters. The Labute approximate surface area is 88.4 Å². The third kappa shape index (κ3) is 3.49. The van der Waals surface area contributed by atoms with Crippen molar-refractivity contribution in [3.8, 4) is 17.6 Å². The molecule has 0 saturated carbocycles. The van der Waals surface area contributed by atoms with Crippen molar-refractivity contribution in [2.75, 3.05) is 13.2 Å². The van der Waals surface area contributed by atoms with E-state index in [2.05, 4.69) is 0 Å².